The van der Waals surface area contributed by atoms with Gasteiger partial charge in [0.05, 0.1) is 5.03 Å². The van der Waals surface area contributed by atoms with Gasteiger partial charge in [-0.05, 0) is 22.9 Å². The summed E-state index contributed by atoms with van der Waals surface area (Å²) in [4.78, 5) is 10.8. The Labute approximate surface area is 132 Å². The number of carboxylic acids is 1. The number of carboxylic acid groups (broad SMARTS) is 1. The second-order valence-electron chi connectivity index (χ2n) is 4.21. The van der Waals surface area contributed by atoms with Gasteiger partial charge in [0, 0.05) is 17.2 Å². The van der Waals surface area contributed by atoms with Crippen molar-refractivity contribution >= 4 is 46.0 Å². The van der Waals surface area contributed by atoms with Crippen LogP contribution < -0.4 is 4.74 Å². The molecule has 21 heavy (non-hydrogen) atoms. The SMILES string of the molecule is O=C(O)C=Cc1c(OCC(Cl)=CCl)ccc2ccccc12. The summed E-state index contributed by atoms with van der Waals surface area (Å²) >= 11 is 11.3. The molecule has 1 N–H and O–H groups in total. The zero-order valence-corrected chi connectivity index (χ0v) is 12.4. The lowest BCUT2D eigenvalue weighted by Gasteiger charge is -2.11. The van der Waals surface area contributed by atoms with E-state index >= 15 is 0 Å². The Hall–Kier alpha value is -1.97. The number of hydrogen-bond donors (Lipinski definition) is 1. The van der Waals surface area contributed by atoms with Crippen LogP contribution in [0.1, 0.15) is 5.56 Å². The molecule has 5 heteroatoms. The molecule has 0 heterocycles. The molecule has 0 atom stereocenters. The van der Waals surface area contributed by atoms with Crippen molar-refractivity contribution in [3.8, 4) is 5.75 Å². The van der Waals surface area contributed by atoms with E-state index in [1.54, 1.807) is 6.07 Å². The minimum Gasteiger partial charge on any atom is -0.487 e. The molecular formula is C16H12Cl2O3. The first-order chi connectivity index (χ1) is 10.1. The highest BCUT2D eigenvalue weighted by molar-refractivity contribution is 6.36. The number of carbonyl (C=O) groups is 1. The molecule has 2 rings (SSSR count). The second-order valence-corrected chi connectivity index (χ2v) is 4.92. The van der Waals surface area contributed by atoms with Crippen molar-refractivity contribution in [1.29, 1.82) is 0 Å². The van der Waals surface area contributed by atoms with Crippen molar-refractivity contribution in [2.75, 3.05) is 6.61 Å². The van der Waals surface area contributed by atoms with Gasteiger partial charge in [0.1, 0.15) is 12.4 Å². The van der Waals surface area contributed by atoms with E-state index in [9.17, 15) is 4.79 Å². The van der Waals surface area contributed by atoms with E-state index < -0.39 is 5.97 Å². The van der Waals surface area contributed by atoms with E-state index in [-0.39, 0.29) is 6.61 Å². The molecular weight excluding hydrogens is 311 g/mol. The molecule has 2 aromatic carbocycles. The topological polar surface area (TPSA) is 46.5 Å². The largest absolute Gasteiger partial charge is 0.487 e. The standard InChI is InChI=1S/C16H12Cl2O3/c17-9-12(18)10-21-15-7-5-11-3-1-2-4-13(11)14(15)6-8-16(19)20/h1-9H,10H2,(H,19,20). The van der Waals surface area contributed by atoms with Gasteiger partial charge in [-0.15, -0.1) is 0 Å². The Kier molecular flexibility index (Phi) is 5.26. The smallest absolute Gasteiger partial charge is 0.328 e. The van der Waals surface area contributed by atoms with Crippen molar-refractivity contribution < 1.29 is 14.6 Å². The Morgan fingerprint density at radius 3 is 2.71 bits per heavy atom. The predicted octanol–water partition coefficient (Wildman–Crippen LogP) is 4.64. The lowest BCUT2D eigenvalue weighted by atomic mass is 10.0. The van der Waals surface area contributed by atoms with Crippen LogP contribution in [0.5, 0.6) is 5.75 Å². The number of fused-ring (bicyclic) bond motifs is 1. The number of rotatable bonds is 5. The Balaban J connectivity index is 2.48. The fourth-order valence-electron chi connectivity index (χ4n) is 1.91. The summed E-state index contributed by atoms with van der Waals surface area (Å²) in [5.74, 6) is -0.476. The molecule has 3 nitrogen and oxygen atoms in total. The summed E-state index contributed by atoms with van der Waals surface area (Å²) in [5, 5.41) is 11.1. The van der Waals surface area contributed by atoms with Crippen LogP contribution in [0.15, 0.2) is 53.0 Å². The van der Waals surface area contributed by atoms with Gasteiger partial charge >= 0.3 is 5.97 Å². The predicted molar refractivity (Wildman–Crippen MR) is 85.9 cm³/mol. The normalized spacial score (nSPS) is 12.0. The Morgan fingerprint density at radius 1 is 1.24 bits per heavy atom. The van der Waals surface area contributed by atoms with E-state index in [1.807, 2.05) is 30.3 Å². The molecule has 0 radical (unpaired) electrons. The molecule has 0 bridgehead atoms. The van der Waals surface area contributed by atoms with Gasteiger partial charge in [-0.25, -0.2) is 4.79 Å². The van der Waals surface area contributed by atoms with Gasteiger partial charge < -0.3 is 9.84 Å². The Morgan fingerprint density at radius 2 is 2.00 bits per heavy atom. The van der Waals surface area contributed by atoms with Gasteiger partial charge in [0.25, 0.3) is 0 Å². The molecule has 0 aromatic heterocycles. The molecule has 0 fully saturated rings. The summed E-state index contributed by atoms with van der Waals surface area (Å²) < 4.78 is 5.60. The summed E-state index contributed by atoms with van der Waals surface area (Å²) in [6.07, 6.45) is 2.59. The molecule has 0 saturated carbocycles. The van der Waals surface area contributed by atoms with Crippen molar-refractivity contribution in [2.24, 2.45) is 0 Å². The summed E-state index contributed by atoms with van der Waals surface area (Å²) in [7, 11) is 0. The van der Waals surface area contributed by atoms with Crippen LogP contribution >= 0.6 is 23.2 Å². The first-order valence-electron chi connectivity index (χ1n) is 6.12. The molecule has 2 aromatic rings. The van der Waals surface area contributed by atoms with Crippen molar-refractivity contribution in [1.82, 2.24) is 0 Å². The summed E-state index contributed by atoms with van der Waals surface area (Å²) in [5.41, 5.74) is 1.92. The average molecular weight is 323 g/mol. The van der Waals surface area contributed by atoms with Crippen LogP contribution in [0.3, 0.4) is 0 Å². The lowest BCUT2D eigenvalue weighted by molar-refractivity contribution is -0.131. The molecule has 0 aliphatic heterocycles. The third-order valence-electron chi connectivity index (χ3n) is 2.81. The van der Waals surface area contributed by atoms with Gasteiger partial charge in [0.2, 0.25) is 0 Å². The van der Waals surface area contributed by atoms with Gasteiger partial charge in [0.15, 0.2) is 0 Å². The second kappa shape index (κ2) is 7.16. The van der Waals surface area contributed by atoms with Crippen molar-refractivity contribution in [2.45, 2.75) is 0 Å². The molecule has 0 spiro atoms. The van der Waals surface area contributed by atoms with E-state index in [0.29, 0.717) is 16.3 Å². The van der Waals surface area contributed by atoms with E-state index in [2.05, 4.69) is 0 Å². The maximum Gasteiger partial charge on any atom is 0.328 e. The third kappa shape index (κ3) is 4.00. The van der Waals surface area contributed by atoms with Crippen LogP contribution in [0.25, 0.3) is 16.8 Å². The molecule has 108 valence electrons. The molecule has 0 unspecified atom stereocenters. The van der Waals surface area contributed by atoms with E-state index in [4.69, 9.17) is 33.0 Å². The zero-order chi connectivity index (χ0) is 15.2. The van der Waals surface area contributed by atoms with Crippen LogP contribution in [0.2, 0.25) is 0 Å². The number of hydrogen-bond acceptors (Lipinski definition) is 2. The zero-order valence-electron chi connectivity index (χ0n) is 10.9. The first kappa shape index (κ1) is 15.4. The van der Waals surface area contributed by atoms with Crippen molar-refractivity contribution in [3.05, 3.63) is 58.6 Å². The Bertz CT molecular complexity index is 721. The highest BCUT2D eigenvalue weighted by atomic mass is 35.5. The highest BCUT2D eigenvalue weighted by Crippen LogP contribution is 2.30. The van der Waals surface area contributed by atoms with Crippen LogP contribution in [-0.4, -0.2) is 17.7 Å². The fraction of sp³-hybridized carbons (Fsp3) is 0.0625. The number of ether oxygens (including phenoxy) is 1. The number of halogens is 2. The number of benzene rings is 2. The average Bonchev–Trinajstić information content (AvgIpc) is 2.50. The van der Waals surface area contributed by atoms with Gasteiger partial charge in [-0.2, -0.15) is 0 Å². The monoisotopic (exact) mass is 322 g/mol. The minimum atomic E-state index is -1.02. The van der Waals surface area contributed by atoms with Crippen molar-refractivity contribution in [3.63, 3.8) is 0 Å². The highest BCUT2D eigenvalue weighted by Gasteiger charge is 2.07. The summed E-state index contributed by atoms with van der Waals surface area (Å²) in [6, 6.07) is 11.3. The van der Waals surface area contributed by atoms with E-state index in [0.717, 1.165) is 16.8 Å². The van der Waals surface area contributed by atoms with Gasteiger partial charge in [-0.3, -0.25) is 0 Å². The quantitative estimate of drug-likeness (QED) is 0.816. The molecule has 0 amide bonds. The molecule has 0 aliphatic carbocycles. The summed E-state index contributed by atoms with van der Waals surface area (Å²) in [6.45, 7) is 0.122. The van der Waals surface area contributed by atoms with Crippen LogP contribution in [0, 0.1) is 0 Å². The van der Waals surface area contributed by atoms with Crippen LogP contribution in [-0.2, 0) is 4.79 Å². The molecule has 0 saturated heterocycles. The number of aliphatic carboxylic acids is 1. The lowest BCUT2D eigenvalue weighted by Crippen LogP contribution is -1.99. The molecule has 0 aliphatic rings. The third-order valence-corrected chi connectivity index (χ3v) is 3.40. The van der Waals surface area contributed by atoms with Crippen LogP contribution in [0.4, 0.5) is 0 Å². The maximum atomic E-state index is 10.8. The first-order valence-corrected chi connectivity index (χ1v) is 6.93. The maximum absolute atomic E-state index is 10.8. The minimum absolute atomic E-state index is 0.122. The van der Waals surface area contributed by atoms with E-state index in [1.165, 1.54) is 11.6 Å². The fourth-order valence-corrected chi connectivity index (χ4v) is 2.02. The van der Waals surface area contributed by atoms with Gasteiger partial charge in [-0.1, -0.05) is 53.5 Å².